The van der Waals surface area contributed by atoms with Crippen molar-refractivity contribution in [1.82, 2.24) is 0 Å². The summed E-state index contributed by atoms with van der Waals surface area (Å²) in [6, 6.07) is 22.4. The summed E-state index contributed by atoms with van der Waals surface area (Å²) >= 11 is 0. The molecular formula is C22H16FNO3S. The van der Waals surface area contributed by atoms with Crippen molar-refractivity contribution < 1.29 is 17.5 Å². The number of ether oxygens (including phenoxy) is 1. The van der Waals surface area contributed by atoms with Crippen LogP contribution in [0.4, 0.5) is 4.39 Å². The maximum atomic E-state index is 13.6. The van der Waals surface area contributed by atoms with Crippen LogP contribution in [0.15, 0.2) is 88.7 Å². The highest BCUT2D eigenvalue weighted by atomic mass is 32.2. The highest BCUT2D eigenvalue weighted by Crippen LogP contribution is 2.22. The van der Waals surface area contributed by atoms with Gasteiger partial charge in [-0.05, 0) is 42.0 Å². The van der Waals surface area contributed by atoms with Gasteiger partial charge in [-0.3, -0.25) is 0 Å². The van der Waals surface area contributed by atoms with Crippen molar-refractivity contribution in [2.75, 3.05) is 0 Å². The number of hydrogen-bond acceptors (Lipinski definition) is 4. The normalized spacial score (nSPS) is 11.6. The molecule has 0 unspecified atom stereocenters. The zero-order valence-corrected chi connectivity index (χ0v) is 15.6. The Morgan fingerprint density at radius 3 is 2.25 bits per heavy atom. The van der Waals surface area contributed by atoms with Gasteiger partial charge in [0.05, 0.1) is 4.90 Å². The fourth-order valence-electron chi connectivity index (χ4n) is 2.48. The van der Waals surface area contributed by atoms with Crippen molar-refractivity contribution in [3.05, 3.63) is 101 Å². The van der Waals surface area contributed by atoms with Crippen LogP contribution in [0, 0.1) is 17.1 Å². The van der Waals surface area contributed by atoms with E-state index in [1.807, 2.05) is 0 Å². The first-order valence-corrected chi connectivity index (χ1v) is 9.87. The molecule has 0 heterocycles. The second-order valence-electron chi connectivity index (χ2n) is 5.89. The lowest BCUT2D eigenvalue weighted by atomic mass is 10.2. The second-order valence-corrected chi connectivity index (χ2v) is 7.80. The Morgan fingerprint density at radius 1 is 0.964 bits per heavy atom. The molecule has 3 aromatic rings. The van der Waals surface area contributed by atoms with Gasteiger partial charge in [0.15, 0.2) is 0 Å². The largest absolute Gasteiger partial charge is 0.489 e. The van der Waals surface area contributed by atoms with Crippen molar-refractivity contribution >= 4 is 15.9 Å². The molecule has 0 aliphatic rings. The highest BCUT2D eigenvalue weighted by molar-refractivity contribution is 7.95. The van der Waals surface area contributed by atoms with Crippen LogP contribution in [0.5, 0.6) is 5.75 Å². The van der Waals surface area contributed by atoms with Crippen molar-refractivity contribution in [2.45, 2.75) is 11.5 Å². The van der Waals surface area contributed by atoms with E-state index in [4.69, 9.17) is 4.74 Å². The van der Waals surface area contributed by atoms with E-state index in [1.165, 1.54) is 24.3 Å². The van der Waals surface area contributed by atoms with Gasteiger partial charge in [0.25, 0.3) is 0 Å². The van der Waals surface area contributed by atoms with Crippen LogP contribution in [-0.2, 0) is 16.4 Å². The molecule has 3 aromatic carbocycles. The molecule has 0 saturated heterocycles. The van der Waals surface area contributed by atoms with E-state index in [0.717, 1.165) is 0 Å². The molecule has 3 rings (SSSR count). The monoisotopic (exact) mass is 393 g/mol. The SMILES string of the molecule is N#C/C(=C/c1ccc(OCc2ccccc2F)cc1)S(=O)(=O)c1ccccc1. The lowest BCUT2D eigenvalue weighted by Gasteiger charge is -2.07. The van der Waals surface area contributed by atoms with Gasteiger partial charge in [0.1, 0.15) is 29.1 Å². The lowest BCUT2D eigenvalue weighted by molar-refractivity contribution is 0.300. The Balaban J connectivity index is 1.77. The van der Waals surface area contributed by atoms with Crippen LogP contribution in [0.1, 0.15) is 11.1 Å². The predicted molar refractivity (Wildman–Crippen MR) is 104 cm³/mol. The third kappa shape index (κ3) is 4.45. The van der Waals surface area contributed by atoms with Crippen LogP contribution in [0.25, 0.3) is 6.08 Å². The molecular weight excluding hydrogens is 377 g/mol. The van der Waals surface area contributed by atoms with Gasteiger partial charge >= 0.3 is 0 Å². The third-order valence-electron chi connectivity index (χ3n) is 3.98. The molecule has 0 N–H and O–H groups in total. The zero-order chi connectivity index (χ0) is 20.0. The van der Waals surface area contributed by atoms with Crippen LogP contribution < -0.4 is 4.74 Å². The average Bonchev–Trinajstić information content (AvgIpc) is 2.73. The van der Waals surface area contributed by atoms with Crippen molar-refractivity contribution in [3.63, 3.8) is 0 Å². The van der Waals surface area contributed by atoms with Crippen molar-refractivity contribution in [2.24, 2.45) is 0 Å². The molecule has 0 aromatic heterocycles. The van der Waals surface area contributed by atoms with E-state index in [0.29, 0.717) is 16.9 Å². The summed E-state index contributed by atoms with van der Waals surface area (Å²) in [6.45, 7) is 0.0771. The van der Waals surface area contributed by atoms with E-state index in [1.54, 1.807) is 66.7 Å². The number of benzene rings is 3. The molecule has 28 heavy (non-hydrogen) atoms. The first-order chi connectivity index (χ1) is 13.5. The van der Waals surface area contributed by atoms with Gasteiger partial charge in [0.2, 0.25) is 9.84 Å². The molecule has 0 radical (unpaired) electrons. The summed E-state index contributed by atoms with van der Waals surface area (Å²) in [5, 5.41) is 9.32. The molecule has 0 spiro atoms. The number of nitriles is 1. The summed E-state index contributed by atoms with van der Waals surface area (Å²) in [4.78, 5) is -0.286. The van der Waals surface area contributed by atoms with Gasteiger partial charge in [-0.1, -0.05) is 48.5 Å². The number of nitrogens with zero attached hydrogens (tertiary/aromatic N) is 1. The average molecular weight is 393 g/mol. The smallest absolute Gasteiger partial charge is 0.216 e. The predicted octanol–water partition coefficient (Wildman–Crippen LogP) is 4.74. The Bertz CT molecular complexity index is 1130. The van der Waals surface area contributed by atoms with E-state index in [2.05, 4.69) is 0 Å². The van der Waals surface area contributed by atoms with Gasteiger partial charge in [0, 0.05) is 5.56 Å². The minimum Gasteiger partial charge on any atom is -0.489 e. The minimum atomic E-state index is -3.88. The molecule has 0 saturated carbocycles. The zero-order valence-electron chi connectivity index (χ0n) is 14.7. The van der Waals surface area contributed by atoms with E-state index in [-0.39, 0.29) is 22.2 Å². The molecule has 6 heteroatoms. The molecule has 140 valence electrons. The number of halogens is 1. The highest BCUT2D eigenvalue weighted by Gasteiger charge is 2.20. The lowest BCUT2D eigenvalue weighted by Crippen LogP contribution is -2.03. The maximum Gasteiger partial charge on any atom is 0.216 e. The third-order valence-corrected chi connectivity index (χ3v) is 5.66. The van der Waals surface area contributed by atoms with E-state index < -0.39 is 9.84 Å². The molecule has 0 amide bonds. The first-order valence-electron chi connectivity index (χ1n) is 8.39. The Morgan fingerprint density at radius 2 is 1.61 bits per heavy atom. The number of sulfone groups is 1. The van der Waals surface area contributed by atoms with Crippen LogP contribution in [-0.4, -0.2) is 8.42 Å². The quantitative estimate of drug-likeness (QED) is 0.567. The minimum absolute atomic E-state index is 0.0626. The van der Waals surface area contributed by atoms with Gasteiger partial charge in [-0.15, -0.1) is 0 Å². The molecule has 0 aliphatic carbocycles. The standard InChI is InChI=1S/C22H16FNO3S/c23-22-9-5-4-6-18(22)16-27-19-12-10-17(11-13-19)14-21(15-24)28(25,26)20-7-2-1-3-8-20/h1-14H,16H2/b21-14-. The molecule has 0 fully saturated rings. The maximum absolute atomic E-state index is 13.6. The van der Waals surface area contributed by atoms with Crippen molar-refractivity contribution in [1.29, 1.82) is 5.26 Å². The van der Waals surface area contributed by atoms with E-state index >= 15 is 0 Å². The fraction of sp³-hybridized carbons (Fsp3) is 0.0455. The summed E-state index contributed by atoms with van der Waals surface area (Å²) in [7, 11) is -3.88. The number of rotatable bonds is 6. The molecule has 4 nitrogen and oxygen atoms in total. The van der Waals surface area contributed by atoms with Crippen LogP contribution in [0.3, 0.4) is 0 Å². The van der Waals surface area contributed by atoms with Gasteiger partial charge < -0.3 is 4.74 Å². The second kappa shape index (κ2) is 8.51. The van der Waals surface area contributed by atoms with E-state index in [9.17, 15) is 18.1 Å². The Labute approximate surface area is 163 Å². The van der Waals surface area contributed by atoms with Gasteiger partial charge in [-0.25, -0.2) is 12.8 Å². The summed E-state index contributed by atoms with van der Waals surface area (Å²) < 4.78 is 44.3. The first kappa shape index (κ1) is 19.3. The van der Waals surface area contributed by atoms with Crippen LogP contribution in [0.2, 0.25) is 0 Å². The Hall–Kier alpha value is -3.43. The van der Waals surface area contributed by atoms with Crippen molar-refractivity contribution in [3.8, 4) is 11.8 Å². The topological polar surface area (TPSA) is 67.2 Å². The summed E-state index contributed by atoms with van der Waals surface area (Å²) in [6.07, 6.45) is 1.31. The van der Waals surface area contributed by atoms with Gasteiger partial charge in [-0.2, -0.15) is 5.26 Å². The number of hydrogen-bond donors (Lipinski definition) is 0. The van der Waals surface area contributed by atoms with Crippen LogP contribution >= 0.6 is 0 Å². The summed E-state index contributed by atoms with van der Waals surface area (Å²) in [5.74, 6) is 0.164. The summed E-state index contributed by atoms with van der Waals surface area (Å²) in [5.41, 5.74) is 0.974. The molecule has 0 atom stereocenters. The number of allylic oxidation sites excluding steroid dienone is 1. The molecule has 0 aliphatic heterocycles. The molecule has 0 bridgehead atoms. The fourth-order valence-corrected chi connectivity index (χ4v) is 3.67. The Kier molecular flexibility index (Phi) is 5.87.